The lowest BCUT2D eigenvalue weighted by Gasteiger charge is -2.31. The molecule has 6 rings (SSSR count). The van der Waals surface area contributed by atoms with Crippen LogP contribution < -0.4 is 9.64 Å². The maximum atomic E-state index is 15.2. The zero-order valence-electron chi connectivity index (χ0n) is 18.7. The first-order valence-corrected chi connectivity index (χ1v) is 12.3. The first-order valence-electron chi connectivity index (χ1n) is 11.9. The number of alkyl halides is 1. The van der Waals surface area contributed by atoms with Gasteiger partial charge in [0.1, 0.15) is 24.1 Å². The fourth-order valence-corrected chi connectivity index (χ4v) is 6.41. The summed E-state index contributed by atoms with van der Waals surface area (Å²) in [5.41, 5.74) is 0.514. The van der Waals surface area contributed by atoms with Crippen molar-refractivity contribution in [2.45, 2.75) is 62.7 Å². The molecule has 0 radical (unpaired) electrons. The monoisotopic (exact) mass is 479 g/mol. The normalized spacial score (nSPS) is 31.9. The molecule has 3 saturated heterocycles. The Hall–Kier alpha value is -1.84. The summed E-state index contributed by atoms with van der Waals surface area (Å²) in [6.07, 6.45) is 3.15. The average Bonchev–Trinajstić information content (AvgIpc) is 3.17. The third kappa shape index (κ3) is 3.54. The molecule has 0 spiro atoms. The fourth-order valence-electron chi connectivity index (χ4n) is 6.23. The zero-order valence-corrected chi connectivity index (χ0v) is 19.5. The molecule has 3 fully saturated rings. The van der Waals surface area contributed by atoms with Crippen LogP contribution in [0, 0.1) is 5.82 Å². The van der Waals surface area contributed by atoms with Crippen LogP contribution in [0.2, 0.25) is 5.15 Å². The van der Waals surface area contributed by atoms with Gasteiger partial charge in [-0.2, -0.15) is 9.97 Å². The van der Waals surface area contributed by atoms with Gasteiger partial charge in [-0.15, -0.1) is 0 Å². The zero-order chi connectivity index (χ0) is 22.7. The van der Waals surface area contributed by atoms with Gasteiger partial charge in [0.05, 0.1) is 29.3 Å². The van der Waals surface area contributed by atoms with Gasteiger partial charge in [-0.3, -0.25) is 4.90 Å². The molecule has 6 heterocycles. The molecule has 2 aromatic rings. The summed E-state index contributed by atoms with van der Waals surface area (Å²) in [4.78, 5) is 18.0. The van der Waals surface area contributed by atoms with Gasteiger partial charge in [0.15, 0.2) is 11.0 Å². The maximum Gasteiger partial charge on any atom is 0.319 e. The molecule has 0 amide bonds. The predicted octanol–water partition coefficient (Wildman–Crippen LogP) is 3.88. The highest BCUT2D eigenvalue weighted by molar-refractivity contribution is 6.30. The molecular formula is C23H28ClF2N5O2. The van der Waals surface area contributed by atoms with E-state index in [0.717, 1.165) is 38.8 Å². The van der Waals surface area contributed by atoms with Crippen LogP contribution in [0.3, 0.4) is 0 Å². The molecule has 0 bridgehead atoms. The van der Waals surface area contributed by atoms with Crippen molar-refractivity contribution in [1.29, 1.82) is 0 Å². The number of fused-ring (bicyclic) bond motifs is 3. The number of pyridine rings is 1. The predicted molar refractivity (Wildman–Crippen MR) is 120 cm³/mol. The molecule has 7 nitrogen and oxygen atoms in total. The minimum absolute atomic E-state index is 0.0438. The van der Waals surface area contributed by atoms with Crippen LogP contribution in [0.15, 0.2) is 0 Å². The standard InChI is InChI=1S/C23H28ClF2N5O2/c1-13-8-15-11-32-7-3-6-31(15)21-16-18(13)27-20(24)17(26)19(16)28-22(29-21)33-12-23-4-2-5-30(23)10-14(25)9-23/h13-15H,2-12H2,1H3/t13-,14-,15+,23+/m1/s1. The van der Waals surface area contributed by atoms with E-state index in [9.17, 15) is 4.39 Å². The van der Waals surface area contributed by atoms with Gasteiger partial charge in [-0.25, -0.2) is 13.8 Å². The molecule has 0 N–H and O–H groups in total. The van der Waals surface area contributed by atoms with Gasteiger partial charge >= 0.3 is 6.01 Å². The second-order valence-corrected chi connectivity index (χ2v) is 10.3. The van der Waals surface area contributed by atoms with Gasteiger partial charge in [-0.1, -0.05) is 18.5 Å². The van der Waals surface area contributed by atoms with E-state index in [1.165, 1.54) is 0 Å². The Balaban J connectivity index is 1.44. The topological polar surface area (TPSA) is 63.6 Å². The number of nitrogens with zero attached hydrogens (tertiary/aromatic N) is 5. The number of halogens is 3. The lowest BCUT2D eigenvalue weighted by Crippen LogP contribution is -2.43. The summed E-state index contributed by atoms with van der Waals surface area (Å²) in [7, 11) is 0. The van der Waals surface area contributed by atoms with Crippen LogP contribution in [0.5, 0.6) is 6.01 Å². The summed E-state index contributed by atoms with van der Waals surface area (Å²) >= 11 is 6.19. The number of ether oxygens (including phenoxy) is 2. The Morgan fingerprint density at radius 3 is 3.00 bits per heavy atom. The van der Waals surface area contributed by atoms with Crippen molar-refractivity contribution in [3.63, 3.8) is 0 Å². The van der Waals surface area contributed by atoms with Crippen LogP contribution in [-0.2, 0) is 4.74 Å². The van der Waals surface area contributed by atoms with E-state index in [4.69, 9.17) is 26.1 Å². The van der Waals surface area contributed by atoms with E-state index < -0.39 is 12.0 Å². The molecular weight excluding hydrogens is 452 g/mol. The largest absolute Gasteiger partial charge is 0.461 e. The van der Waals surface area contributed by atoms with E-state index in [1.807, 2.05) is 0 Å². The van der Waals surface area contributed by atoms with Gasteiger partial charge in [0, 0.05) is 32.0 Å². The Bertz CT molecular complexity index is 1090. The highest BCUT2D eigenvalue weighted by Gasteiger charge is 2.49. The highest BCUT2D eigenvalue weighted by atomic mass is 35.5. The Morgan fingerprint density at radius 2 is 2.12 bits per heavy atom. The van der Waals surface area contributed by atoms with Crippen LogP contribution in [0.4, 0.5) is 14.6 Å². The van der Waals surface area contributed by atoms with E-state index in [2.05, 4.69) is 26.7 Å². The number of aromatic nitrogens is 3. The third-order valence-corrected chi connectivity index (χ3v) is 8.02. The average molecular weight is 480 g/mol. The van der Waals surface area contributed by atoms with Crippen LogP contribution in [-0.4, -0.2) is 77.1 Å². The molecule has 0 saturated carbocycles. The van der Waals surface area contributed by atoms with E-state index >= 15 is 4.39 Å². The number of rotatable bonds is 3. The van der Waals surface area contributed by atoms with Crippen molar-refractivity contribution in [1.82, 2.24) is 19.9 Å². The van der Waals surface area contributed by atoms with E-state index in [1.54, 1.807) is 0 Å². The molecule has 4 aliphatic rings. The van der Waals surface area contributed by atoms with Gasteiger partial charge < -0.3 is 14.4 Å². The van der Waals surface area contributed by atoms with Gasteiger partial charge in [0.25, 0.3) is 0 Å². The van der Waals surface area contributed by atoms with Gasteiger partial charge in [-0.05, 0) is 32.2 Å². The molecule has 0 unspecified atom stereocenters. The van der Waals surface area contributed by atoms with Crippen molar-refractivity contribution >= 4 is 28.3 Å². The minimum atomic E-state index is -0.847. The lowest BCUT2D eigenvalue weighted by atomic mass is 9.95. The summed E-state index contributed by atoms with van der Waals surface area (Å²) in [6.45, 7) is 5.68. The van der Waals surface area contributed by atoms with Crippen molar-refractivity contribution in [2.24, 2.45) is 0 Å². The van der Waals surface area contributed by atoms with Crippen molar-refractivity contribution in [3.05, 3.63) is 16.7 Å². The number of hydrogen-bond acceptors (Lipinski definition) is 7. The number of hydrogen-bond donors (Lipinski definition) is 0. The molecule has 33 heavy (non-hydrogen) atoms. The quantitative estimate of drug-likeness (QED) is 0.619. The highest BCUT2D eigenvalue weighted by Crippen LogP contribution is 2.43. The summed E-state index contributed by atoms with van der Waals surface area (Å²) in [5, 5.41) is 0.413. The van der Waals surface area contributed by atoms with Crippen LogP contribution in [0.25, 0.3) is 10.9 Å². The van der Waals surface area contributed by atoms with Crippen LogP contribution >= 0.6 is 11.6 Å². The summed E-state index contributed by atoms with van der Waals surface area (Å²) in [5.74, 6) is 0.0109. The van der Waals surface area contributed by atoms with Crippen molar-refractivity contribution in [3.8, 4) is 6.01 Å². The second kappa shape index (κ2) is 8.13. The van der Waals surface area contributed by atoms with Crippen molar-refractivity contribution in [2.75, 3.05) is 44.4 Å². The molecule has 0 aromatic carbocycles. The summed E-state index contributed by atoms with van der Waals surface area (Å²) in [6, 6.07) is 0.196. The Labute approximate surface area is 196 Å². The maximum absolute atomic E-state index is 15.2. The van der Waals surface area contributed by atoms with Crippen molar-refractivity contribution < 1.29 is 18.3 Å². The Morgan fingerprint density at radius 1 is 1.24 bits per heavy atom. The SMILES string of the molecule is C[C@@H]1C[C@H]2COCCCN2c2nc(OC[C@@]34CCCN3C[C@H](F)C4)nc3c(F)c(Cl)nc1c23. The lowest BCUT2D eigenvalue weighted by molar-refractivity contribution is 0.107. The smallest absolute Gasteiger partial charge is 0.319 e. The van der Waals surface area contributed by atoms with E-state index in [0.29, 0.717) is 43.1 Å². The molecule has 10 heteroatoms. The molecule has 4 aliphatic heterocycles. The molecule has 4 atom stereocenters. The van der Waals surface area contributed by atoms with Gasteiger partial charge in [0.2, 0.25) is 0 Å². The fraction of sp³-hybridized carbons (Fsp3) is 0.696. The number of anilines is 1. The van der Waals surface area contributed by atoms with E-state index in [-0.39, 0.29) is 40.8 Å². The Kier molecular flexibility index (Phi) is 5.34. The molecule has 2 aromatic heterocycles. The first kappa shape index (κ1) is 21.7. The first-order chi connectivity index (χ1) is 15.9. The molecule has 178 valence electrons. The minimum Gasteiger partial charge on any atom is -0.461 e. The van der Waals surface area contributed by atoms with Crippen LogP contribution in [0.1, 0.15) is 50.6 Å². The second-order valence-electron chi connectivity index (χ2n) is 9.93. The third-order valence-electron chi connectivity index (χ3n) is 7.77. The summed E-state index contributed by atoms with van der Waals surface area (Å²) < 4.78 is 41.4. The molecule has 0 aliphatic carbocycles.